The van der Waals surface area contributed by atoms with Crippen molar-refractivity contribution >= 4 is 0 Å². The second-order valence-corrected chi connectivity index (χ2v) is 4.27. The van der Waals surface area contributed by atoms with Crippen LogP contribution in [-0.2, 0) is 14.2 Å². The van der Waals surface area contributed by atoms with Gasteiger partial charge in [-0.2, -0.15) is 0 Å². The Morgan fingerprint density at radius 3 is 2.62 bits per heavy atom. The Morgan fingerprint density at radius 2 is 2.15 bits per heavy atom. The normalized spacial score (nSPS) is 59.5. The number of rotatable bonds is 0. The van der Waals surface area contributed by atoms with E-state index < -0.39 is 17.7 Å². The quantitative estimate of drug-likeness (QED) is 0.556. The molecule has 3 fully saturated rings. The largest absolute Gasteiger partial charge is 0.365 e. The van der Waals surface area contributed by atoms with E-state index in [0.717, 1.165) is 19.3 Å². The summed E-state index contributed by atoms with van der Waals surface area (Å²) in [6.07, 6.45) is 2.11. The minimum atomic E-state index is -0.824. The number of ether oxygens (including phenoxy) is 3. The predicted octanol–water partition coefficient (Wildman–Crippen LogP) is 0.389. The molecule has 13 heavy (non-hydrogen) atoms. The molecule has 0 radical (unpaired) electrons. The minimum Gasteiger partial charge on any atom is -0.365 e. The number of fused-ring (bicyclic) bond motifs is 2. The summed E-state index contributed by atoms with van der Waals surface area (Å²) in [6, 6.07) is 0. The Bertz CT molecular complexity index is 236. The number of aliphatic hydroxyl groups excluding tert-OH is 1. The van der Waals surface area contributed by atoms with Crippen molar-refractivity contribution in [3.05, 3.63) is 0 Å². The summed E-state index contributed by atoms with van der Waals surface area (Å²) in [4.78, 5) is 0. The van der Waals surface area contributed by atoms with Crippen molar-refractivity contribution in [1.29, 1.82) is 0 Å². The van der Waals surface area contributed by atoms with E-state index in [1.54, 1.807) is 0 Å². The van der Waals surface area contributed by atoms with Crippen LogP contribution < -0.4 is 0 Å². The molecule has 3 heterocycles. The molecule has 1 N–H and O–H groups in total. The van der Waals surface area contributed by atoms with Crippen LogP contribution in [0.1, 0.15) is 26.2 Å². The van der Waals surface area contributed by atoms with E-state index in [1.165, 1.54) is 0 Å². The van der Waals surface area contributed by atoms with Crippen LogP contribution in [0.2, 0.25) is 0 Å². The zero-order valence-corrected chi connectivity index (χ0v) is 7.66. The highest BCUT2D eigenvalue weighted by molar-refractivity contribution is 5.15. The lowest BCUT2D eigenvalue weighted by molar-refractivity contribution is -0.313. The third-order valence-corrected chi connectivity index (χ3v) is 3.30. The van der Waals surface area contributed by atoms with Gasteiger partial charge in [0, 0.05) is 6.42 Å². The first-order chi connectivity index (χ1) is 6.17. The highest BCUT2D eigenvalue weighted by Gasteiger charge is 2.75. The fourth-order valence-corrected chi connectivity index (χ4v) is 2.39. The van der Waals surface area contributed by atoms with E-state index in [0.29, 0.717) is 6.61 Å². The number of aliphatic hydroxyl groups is 1. The van der Waals surface area contributed by atoms with Gasteiger partial charge in [0.15, 0.2) is 6.29 Å². The second-order valence-electron chi connectivity index (χ2n) is 4.27. The van der Waals surface area contributed by atoms with Gasteiger partial charge in [-0.3, -0.25) is 0 Å². The van der Waals surface area contributed by atoms with Crippen LogP contribution in [0.4, 0.5) is 0 Å². The first kappa shape index (κ1) is 8.17. The molecule has 0 aromatic heterocycles. The van der Waals surface area contributed by atoms with Crippen molar-refractivity contribution in [2.24, 2.45) is 0 Å². The van der Waals surface area contributed by atoms with Gasteiger partial charge in [-0.25, -0.2) is 0 Å². The van der Waals surface area contributed by atoms with Crippen LogP contribution >= 0.6 is 0 Å². The molecule has 3 aliphatic rings. The molecule has 0 saturated carbocycles. The summed E-state index contributed by atoms with van der Waals surface area (Å²) in [5, 5.41) is 9.59. The third-order valence-electron chi connectivity index (χ3n) is 3.30. The molecule has 3 aliphatic heterocycles. The van der Waals surface area contributed by atoms with Crippen LogP contribution in [-0.4, -0.2) is 35.5 Å². The monoisotopic (exact) mass is 186 g/mol. The zero-order valence-electron chi connectivity index (χ0n) is 7.66. The Labute approximate surface area is 76.8 Å². The van der Waals surface area contributed by atoms with E-state index in [4.69, 9.17) is 14.2 Å². The number of hydrogen-bond donors (Lipinski definition) is 1. The van der Waals surface area contributed by atoms with Gasteiger partial charge in [-0.15, -0.1) is 0 Å². The fraction of sp³-hybridized carbons (Fsp3) is 1.00. The highest BCUT2D eigenvalue weighted by atomic mass is 16.8. The molecule has 3 saturated heterocycles. The van der Waals surface area contributed by atoms with Crippen LogP contribution in [0.15, 0.2) is 0 Å². The number of epoxide rings is 1. The van der Waals surface area contributed by atoms with Crippen molar-refractivity contribution < 1.29 is 19.3 Å². The van der Waals surface area contributed by atoms with Crippen molar-refractivity contribution in [2.75, 3.05) is 6.61 Å². The molecule has 0 aromatic rings. The Balaban J connectivity index is 1.86. The summed E-state index contributed by atoms with van der Waals surface area (Å²) in [6.45, 7) is 2.58. The Hall–Kier alpha value is -0.160. The van der Waals surface area contributed by atoms with Gasteiger partial charge < -0.3 is 19.3 Å². The van der Waals surface area contributed by atoms with Crippen LogP contribution in [0.3, 0.4) is 0 Å². The van der Waals surface area contributed by atoms with E-state index >= 15 is 0 Å². The summed E-state index contributed by atoms with van der Waals surface area (Å²) >= 11 is 0. The van der Waals surface area contributed by atoms with E-state index in [9.17, 15) is 5.11 Å². The van der Waals surface area contributed by atoms with Gasteiger partial charge in [0.1, 0.15) is 11.7 Å². The van der Waals surface area contributed by atoms with Crippen LogP contribution in [0.5, 0.6) is 0 Å². The molecule has 1 spiro atoms. The third kappa shape index (κ3) is 0.892. The molecule has 74 valence electrons. The maximum Gasteiger partial charge on any atom is 0.200 e. The van der Waals surface area contributed by atoms with Crippen molar-refractivity contribution in [1.82, 2.24) is 0 Å². The molecule has 4 heteroatoms. The van der Waals surface area contributed by atoms with Crippen molar-refractivity contribution in [2.45, 2.75) is 50.0 Å². The van der Waals surface area contributed by atoms with Gasteiger partial charge >= 0.3 is 0 Å². The molecule has 0 aromatic carbocycles. The van der Waals surface area contributed by atoms with Gasteiger partial charge in [-0.05, 0) is 19.8 Å². The van der Waals surface area contributed by atoms with Crippen molar-refractivity contribution in [3.8, 4) is 0 Å². The van der Waals surface area contributed by atoms with E-state index in [2.05, 4.69) is 0 Å². The van der Waals surface area contributed by atoms with Crippen molar-refractivity contribution in [3.63, 3.8) is 0 Å². The fourth-order valence-electron chi connectivity index (χ4n) is 2.39. The lowest BCUT2D eigenvalue weighted by Gasteiger charge is -2.33. The smallest absolute Gasteiger partial charge is 0.200 e. The summed E-state index contributed by atoms with van der Waals surface area (Å²) < 4.78 is 16.5. The summed E-state index contributed by atoms with van der Waals surface area (Å²) in [5.74, 6) is -0.633. The first-order valence-electron chi connectivity index (χ1n) is 4.85. The van der Waals surface area contributed by atoms with Gasteiger partial charge in [0.25, 0.3) is 0 Å². The zero-order chi connectivity index (χ0) is 9.10. The van der Waals surface area contributed by atoms with Crippen LogP contribution in [0.25, 0.3) is 0 Å². The molecule has 0 aliphatic carbocycles. The average Bonchev–Trinajstić information content (AvgIpc) is 2.77. The second kappa shape index (κ2) is 2.25. The Morgan fingerprint density at radius 1 is 1.31 bits per heavy atom. The van der Waals surface area contributed by atoms with Crippen LogP contribution in [0, 0.1) is 0 Å². The molecular weight excluding hydrogens is 172 g/mol. The average molecular weight is 186 g/mol. The lowest BCUT2D eigenvalue weighted by atomic mass is 9.98. The first-order valence-corrected chi connectivity index (χ1v) is 4.85. The van der Waals surface area contributed by atoms with Gasteiger partial charge in [0.2, 0.25) is 5.79 Å². The molecule has 0 bridgehead atoms. The summed E-state index contributed by atoms with van der Waals surface area (Å²) in [5.41, 5.74) is -0.503. The molecule has 4 unspecified atom stereocenters. The molecule has 3 rings (SSSR count). The predicted molar refractivity (Wildman–Crippen MR) is 42.9 cm³/mol. The van der Waals surface area contributed by atoms with Gasteiger partial charge in [-0.1, -0.05) is 0 Å². The Kier molecular flexibility index (Phi) is 1.42. The standard InChI is InChI=1S/C9H14O4/c1-8-6(12-8)9(13-7(8)10)4-2-3-5-11-9/h6-7,10H,2-5H2,1H3. The highest BCUT2D eigenvalue weighted by Crippen LogP contribution is 2.57. The van der Waals surface area contributed by atoms with Gasteiger partial charge in [0.05, 0.1) is 6.61 Å². The molecule has 4 atom stereocenters. The number of hydrogen-bond acceptors (Lipinski definition) is 4. The maximum absolute atomic E-state index is 9.59. The molecule has 0 amide bonds. The van der Waals surface area contributed by atoms with E-state index in [-0.39, 0.29) is 6.10 Å². The molecular formula is C9H14O4. The summed E-state index contributed by atoms with van der Waals surface area (Å²) in [7, 11) is 0. The lowest BCUT2D eigenvalue weighted by Crippen LogP contribution is -2.42. The van der Waals surface area contributed by atoms with E-state index in [1.807, 2.05) is 6.92 Å². The molecule has 4 nitrogen and oxygen atoms in total. The minimum absolute atomic E-state index is 0.0599. The SMILES string of the molecule is CC12OC1C1(CCCCO1)OC2O. The maximum atomic E-state index is 9.59. The topological polar surface area (TPSA) is 51.2 Å².